The van der Waals surface area contributed by atoms with E-state index >= 15 is 0 Å². The lowest BCUT2D eigenvalue weighted by atomic mass is 9.97. The molecule has 208 valence electrons. The molecule has 2 heterocycles. The van der Waals surface area contributed by atoms with Crippen LogP contribution in [-0.2, 0) is 15.7 Å². The number of carbonyl (C=O) groups excluding carboxylic acids is 2. The molecule has 8 nitrogen and oxygen atoms in total. The number of hydrogen-bond donors (Lipinski definition) is 3. The number of alkyl halides is 3. The maximum atomic E-state index is 13.6. The van der Waals surface area contributed by atoms with Crippen LogP contribution in [0.5, 0.6) is 0 Å². The predicted octanol–water partition coefficient (Wildman–Crippen LogP) is 6.04. The van der Waals surface area contributed by atoms with Gasteiger partial charge in [0.15, 0.2) is 0 Å². The van der Waals surface area contributed by atoms with Gasteiger partial charge in [0.25, 0.3) is 0 Å². The molecule has 1 aliphatic heterocycles. The first-order valence-corrected chi connectivity index (χ1v) is 12.8. The number of benzene rings is 2. The smallest absolute Gasteiger partial charge is 0.417 e. The zero-order chi connectivity index (χ0) is 28.5. The van der Waals surface area contributed by atoms with Gasteiger partial charge in [0.1, 0.15) is 11.9 Å². The van der Waals surface area contributed by atoms with Crippen molar-refractivity contribution in [2.75, 3.05) is 19.4 Å². The van der Waals surface area contributed by atoms with E-state index in [9.17, 15) is 22.8 Å². The second kappa shape index (κ2) is 11.2. The van der Waals surface area contributed by atoms with Crippen molar-refractivity contribution >= 4 is 29.3 Å². The summed E-state index contributed by atoms with van der Waals surface area (Å²) in [5, 5.41) is 2.66. The molecule has 4 N–H and O–H groups in total. The molecule has 2 amide bonds. The number of nitrogens with two attached hydrogens (primary N) is 1. The van der Waals surface area contributed by atoms with Gasteiger partial charge >= 0.3 is 12.3 Å². The average molecular weight is 564 g/mol. The first-order valence-electron chi connectivity index (χ1n) is 12.4. The van der Waals surface area contributed by atoms with Crippen LogP contribution >= 0.6 is 11.6 Å². The zero-order valence-electron chi connectivity index (χ0n) is 21.6. The van der Waals surface area contributed by atoms with Crippen LogP contribution in [0.25, 0.3) is 22.4 Å². The molecule has 1 aromatic heterocycles. The normalized spacial score (nSPS) is 16.4. The fraction of sp³-hybridized carbons (Fsp3) is 0.370. The standard InChI is InChI=1S/C27H29ClF3N5O3/c1-14(2)23(35-26(38)39-3)25(37)36-10-4-5-22(36)24-33-13-21(34-24)16-8-6-15(7-9-16)17-11-19(28)20(32)12-18(17)27(29,30)31/h6-9,11-14,22-23H,4-5,10,32H2,1-3H3,(H,33,34)(H,35,38)/t22?,23-/m0/s1. The number of rotatable bonds is 6. The van der Waals surface area contributed by atoms with Crippen LogP contribution in [0.2, 0.25) is 5.02 Å². The summed E-state index contributed by atoms with van der Waals surface area (Å²) in [4.78, 5) is 34.6. The molecular weight excluding hydrogens is 535 g/mol. The number of ether oxygens (including phenoxy) is 1. The van der Waals surface area contributed by atoms with E-state index in [1.807, 2.05) is 13.8 Å². The number of aromatic amines is 1. The molecule has 1 unspecified atom stereocenters. The molecule has 39 heavy (non-hydrogen) atoms. The summed E-state index contributed by atoms with van der Waals surface area (Å²) in [6.45, 7) is 4.20. The Morgan fingerprint density at radius 3 is 2.49 bits per heavy atom. The molecule has 1 aliphatic rings. The summed E-state index contributed by atoms with van der Waals surface area (Å²) in [7, 11) is 1.24. The first kappa shape index (κ1) is 28.3. The van der Waals surface area contributed by atoms with E-state index in [4.69, 9.17) is 17.3 Å². The van der Waals surface area contributed by atoms with Gasteiger partial charge in [0.05, 0.1) is 41.3 Å². The molecule has 0 aliphatic carbocycles. The van der Waals surface area contributed by atoms with E-state index in [2.05, 4.69) is 20.0 Å². The molecule has 0 saturated carbocycles. The van der Waals surface area contributed by atoms with E-state index in [-0.39, 0.29) is 34.1 Å². The van der Waals surface area contributed by atoms with E-state index < -0.39 is 23.9 Å². The topological polar surface area (TPSA) is 113 Å². The van der Waals surface area contributed by atoms with Gasteiger partial charge in [-0.25, -0.2) is 9.78 Å². The Bertz CT molecular complexity index is 1360. The molecule has 0 bridgehead atoms. The van der Waals surface area contributed by atoms with Crippen molar-refractivity contribution in [3.63, 3.8) is 0 Å². The number of nitrogens with one attached hydrogen (secondary N) is 2. The fourth-order valence-electron chi connectivity index (χ4n) is 4.74. The maximum absolute atomic E-state index is 13.6. The van der Waals surface area contributed by atoms with E-state index in [1.165, 1.54) is 13.2 Å². The Kier molecular flexibility index (Phi) is 8.10. The third-order valence-electron chi connectivity index (χ3n) is 6.79. The number of nitrogen functional groups attached to an aromatic ring is 1. The van der Waals surface area contributed by atoms with E-state index in [1.54, 1.807) is 35.4 Å². The highest BCUT2D eigenvalue weighted by Crippen LogP contribution is 2.41. The number of H-pyrrole nitrogens is 1. The third-order valence-corrected chi connectivity index (χ3v) is 7.11. The van der Waals surface area contributed by atoms with Gasteiger partial charge in [-0.3, -0.25) is 4.79 Å². The van der Waals surface area contributed by atoms with Crippen molar-refractivity contribution in [1.29, 1.82) is 0 Å². The van der Waals surface area contributed by atoms with E-state index in [0.717, 1.165) is 12.5 Å². The van der Waals surface area contributed by atoms with Crippen LogP contribution < -0.4 is 11.1 Å². The lowest BCUT2D eigenvalue weighted by Crippen LogP contribution is -2.51. The molecule has 0 radical (unpaired) electrons. The van der Waals surface area contributed by atoms with Crippen molar-refractivity contribution in [3.05, 3.63) is 59.0 Å². The summed E-state index contributed by atoms with van der Waals surface area (Å²) in [6.07, 6.45) is -2.19. The quantitative estimate of drug-likeness (QED) is 0.316. The van der Waals surface area contributed by atoms with Gasteiger partial charge in [0.2, 0.25) is 5.91 Å². The molecule has 2 atom stereocenters. The van der Waals surface area contributed by atoms with Gasteiger partial charge in [-0.1, -0.05) is 49.7 Å². The van der Waals surface area contributed by atoms with Crippen LogP contribution in [-0.4, -0.2) is 46.6 Å². The largest absolute Gasteiger partial charge is 0.453 e. The number of imidazole rings is 1. The Labute approximate surface area is 228 Å². The Balaban J connectivity index is 1.57. The van der Waals surface area contributed by atoms with Crippen molar-refractivity contribution in [1.82, 2.24) is 20.2 Å². The molecule has 1 saturated heterocycles. The lowest BCUT2D eigenvalue weighted by molar-refractivity contribution is -0.137. The molecule has 3 aromatic rings. The van der Waals surface area contributed by atoms with Crippen molar-refractivity contribution in [2.24, 2.45) is 5.92 Å². The zero-order valence-corrected chi connectivity index (χ0v) is 22.4. The van der Waals surface area contributed by atoms with Crippen LogP contribution in [0.15, 0.2) is 42.6 Å². The minimum atomic E-state index is -4.60. The number of anilines is 1. The van der Waals surface area contributed by atoms with Crippen LogP contribution in [0.4, 0.5) is 23.7 Å². The van der Waals surface area contributed by atoms with Gasteiger partial charge in [-0.15, -0.1) is 0 Å². The highest BCUT2D eigenvalue weighted by molar-refractivity contribution is 6.33. The number of nitrogens with zero attached hydrogens (tertiary/aromatic N) is 2. The van der Waals surface area contributed by atoms with Crippen LogP contribution in [0.1, 0.15) is 44.1 Å². The number of aromatic nitrogens is 2. The van der Waals surface area contributed by atoms with Crippen molar-refractivity contribution in [3.8, 4) is 22.4 Å². The number of alkyl carbamates (subject to hydrolysis) is 1. The van der Waals surface area contributed by atoms with Gasteiger partial charge < -0.3 is 25.7 Å². The Morgan fingerprint density at radius 2 is 1.87 bits per heavy atom. The Morgan fingerprint density at radius 1 is 1.21 bits per heavy atom. The SMILES string of the molecule is COC(=O)N[C@H](C(=O)N1CCCC1c1ncc(-c2ccc(-c3cc(Cl)c(N)cc3C(F)(F)F)cc2)[nH]1)C(C)C. The lowest BCUT2D eigenvalue weighted by Gasteiger charge is -2.30. The number of amides is 2. The van der Waals surface area contributed by atoms with E-state index in [0.29, 0.717) is 35.6 Å². The second-order valence-corrected chi connectivity index (χ2v) is 10.1. The highest BCUT2D eigenvalue weighted by Gasteiger charge is 2.38. The molecule has 2 aromatic carbocycles. The summed E-state index contributed by atoms with van der Waals surface area (Å²) in [5.74, 6) is 0.213. The third kappa shape index (κ3) is 5.98. The molecule has 12 heteroatoms. The van der Waals surface area contributed by atoms with Crippen LogP contribution in [0.3, 0.4) is 0 Å². The van der Waals surface area contributed by atoms with Crippen molar-refractivity contribution in [2.45, 2.75) is 44.9 Å². The number of hydrogen-bond acceptors (Lipinski definition) is 5. The first-order chi connectivity index (χ1) is 18.4. The second-order valence-electron chi connectivity index (χ2n) is 9.72. The minimum Gasteiger partial charge on any atom is -0.453 e. The fourth-order valence-corrected chi connectivity index (χ4v) is 4.90. The highest BCUT2D eigenvalue weighted by atomic mass is 35.5. The summed E-state index contributed by atoms with van der Waals surface area (Å²) >= 11 is 6.02. The Hall–Kier alpha value is -3.73. The molecular formula is C27H29ClF3N5O3. The van der Waals surface area contributed by atoms with Gasteiger partial charge in [-0.2, -0.15) is 13.2 Å². The predicted molar refractivity (Wildman–Crippen MR) is 142 cm³/mol. The summed E-state index contributed by atoms with van der Waals surface area (Å²) in [5.41, 5.74) is 6.22. The number of halogens is 4. The number of likely N-dealkylation sites (tertiary alicyclic amines) is 1. The maximum Gasteiger partial charge on any atom is 0.417 e. The average Bonchev–Trinajstić information content (AvgIpc) is 3.57. The number of carbonyl (C=O) groups is 2. The number of methoxy groups -OCH3 is 1. The van der Waals surface area contributed by atoms with Gasteiger partial charge in [0, 0.05) is 6.54 Å². The summed E-state index contributed by atoms with van der Waals surface area (Å²) < 4.78 is 45.6. The minimum absolute atomic E-state index is 0.0393. The molecule has 1 fully saturated rings. The van der Waals surface area contributed by atoms with Gasteiger partial charge in [-0.05, 0) is 47.6 Å². The monoisotopic (exact) mass is 563 g/mol. The summed E-state index contributed by atoms with van der Waals surface area (Å²) in [6, 6.07) is 7.52. The van der Waals surface area contributed by atoms with Crippen molar-refractivity contribution < 1.29 is 27.5 Å². The van der Waals surface area contributed by atoms with Crippen LogP contribution in [0, 0.1) is 5.92 Å². The molecule has 4 rings (SSSR count). The molecule has 0 spiro atoms.